The highest BCUT2D eigenvalue weighted by atomic mass is 35.5. The molecule has 0 saturated carbocycles. The maximum Gasteiger partial charge on any atom is 0.166 e. The van der Waals surface area contributed by atoms with E-state index in [9.17, 15) is 4.39 Å². The van der Waals surface area contributed by atoms with Gasteiger partial charge in [-0.15, -0.1) is 0 Å². The lowest BCUT2D eigenvalue weighted by atomic mass is 10.00. The Labute approximate surface area is 99.4 Å². The lowest BCUT2D eigenvalue weighted by molar-refractivity contribution is 0.392. The van der Waals surface area contributed by atoms with Crippen LogP contribution in [0.1, 0.15) is 12.8 Å². The van der Waals surface area contributed by atoms with E-state index < -0.39 is 5.82 Å². The summed E-state index contributed by atoms with van der Waals surface area (Å²) in [6.45, 7) is 2.82. The van der Waals surface area contributed by atoms with Gasteiger partial charge in [0.2, 0.25) is 0 Å². The molecule has 0 amide bonds. The van der Waals surface area contributed by atoms with Crippen molar-refractivity contribution in [1.82, 2.24) is 10.3 Å². The lowest BCUT2D eigenvalue weighted by Gasteiger charge is -2.23. The highest BCUT2D eigenvalue weighted by Gasteiger charge is 2.13. The summed E-state index contributed by atoms with van der Waals surface area (Å²) in [5.74, 6) is 0.442. The van der Waals surface area contributed by atoms with Crippen LogP contribution in [-0.4, -0.2) is 24.6 Å². The summed E-state index contributed by atoms with van der Waals surface area (Å²) in [6.07, 6.45) is 3.81. The van der Waals surface area contributed by atoms with Crippen LogP contribution in [0, 0.1) is 11.7 Å². The third-order valence-corrected chi connectivity index (χ3v) is 2.97. The van der Waals surface area contributed by atoms with E-state index in [1.54, 1.807) is 0 Å². The van der Waals surface area contributed by atoms with E-state index >= 15 is 0 Å². The Morgan fingerprint density at radius 2 is 2.50 bits per heavy atom. The van der Waals surface area contributed by atoms with Crippen molar-refractivity contribution < 1.29 is 4.39 Å². The van der Waals surface area contributed by atoms with Crippen LogP contribution >= 0.6 is 11.6 Å². The van der Waals surface area contributed by atoms with Gasteiger partial charge in [0, 0.05) is 12.7 Å². The van der Waals surface area contributed by atoms with Crippen LogP contribution in [0.4, 0.5) is 10.2 Å². The molecule has 0 aromatic carbocycles. The summed E-state index contributed by atoms with van der Waals surface area (Å²) in [4.78, 5) is 3.92. The smallest absolute Gasteiger partial charge is 0.166 e. The first-order chi connectivity index (χ1) is 7.75. The number of nitrogens with zero attached hydrogens (tertiary/aromatic N) is 1. The number of rotatable bonds is 3. The number of halogens is 2. The molecule has 0 aliphatic carbocycles. The first-order valence-corrected chi connectivity index (χ1v) is 5.89. The van der Waals surface area contributed by atoms with Gasteiger partial charge in [-0.05, 0) is 37.9 Å². The summed E-state index contributed by atoms with van der Waals surface area (Å²) >= 11 is 5.63. The van der Waals surface area contributed by atoms with Crippen molar-refractivity contribution in [1.29, 1.82) is 0 Å². The Balaban J connectivity index is 1.88. The monoisotopic (exact) mass is 243 g/mol. The van der Waals surface area contributed by atoms with E-state index in [2.05, 4.69) is 15.6 Å². The SMILES string of the molecule is Fc1cc(Cl)cnc1NCC1CCCNC1. The summed E-state index contributed by atoms with van der Waals surface area (Å²) in [6, 6.07) is 1.27. The minimum absolute atomic E-state index is 0.287. The average Bonchev–Trinajstić information content (AvgIpc) is 2.29. The first kappa shape index (κ1) is 11.6. The maximum atomic E-state index is 13.4. The van der Waals surface area contributed by atoms with Crippen molar-refractivity contribution in [3.05, 3.63) is 23.1 Å². The molecule has 1 aliphatic heterocycles. The zero-order valence-electron chi connectivity index (χ0n) is 8.97. The highest BCUT2D eigenvalue weighted by molar-refractivity contribution is 6.30. The molecule has 1 saturated heterocycles. The number of pyridine rings is 1. The third kappa shape index (κ3) is 3.06. The Morgan fingerprint density at radius 1 is 1.62 bits per heavy atom. The molecular formula is C11H15ClFN3. The molecule has 1 aromatic rings. The molecule has 2 N–H and O–H groups in total. The second-order valence-electron chi connectivity index (χ2n) is 4.08. The van der Waals surface area contributed by atoms with Crippen LogP contribution in [0.2, 0.25) is 5.02 Å². The van der Waals surface area contributed by atoms with Gasteiger partial charge in [-0.2, -0.15) is 0 Å². The van der Waals surface area contributed by atoms with E-state index in [-0.39, 0.29) is 5.82 Å². The molecule has 2 heterocycles. The maximum absolute atomic E-state index is 13.4. The van der Waals surface area contributed by atoms with Crippen LogP contribution in [0.15, 0.2) is 12.3 Å². The molecule has 1 fully saturated rings. The van der Waals surface area contributed by atoms with Gasteiger partial charge in [-0.1, -0.05) is 11.6 Å². The molecule has 2 rings (SSSR count). The van der Waals surface area contributed by atoms with Crippen LogP contribution < -0.4 is 10.6 Å². The fourth-order valence-electron chi connectivity index (χ4n) is 1.88. The van der Waals surface area contributed by atoms with E-state index in [1.807, 2.05) is 0 Å². The average molecular weight is 244 g/mol. The topological polar surface area (TPSA) is 37.0 Å². The van der Waals surface area contributed by atoms with Gasteiger partial charge in [0.1, 0.15) is 0 Å². The fraction of sp³-hybridized carbons (Fsp3) is 0.545. The van der Waals surface area contributed by atoms with Gasteiger partial charge in [0.05, 0.1) is 5.02 Å². The molecular weight excluding hydrogens is 229 g/mol. The molecule has 3 nitrogen and oxygen atoms in total. The number of anilines is 1. The summed E-state index contributed by atoms with van der Waals surface area (Å²) < 4.78 is 13.4. The van der Waals surface area contributed by atoms with E-state index in [4.69, 9.17) is 11.6 Å². The number of piperidine rings is 1. The van der Waals surface area contributed by atoms with E-state index in [0.717, 1.165) is 19.6 Å². The van der Waals surface area contributed by atoms with Gasteiger partial charge in [0.15, 0.2) is 11.6 Å². The zero-order valence-corrected chi connectivity index (χ0v) is 9.73. The Bertz CT molecular complexity index is 353. The van der Waals surface area contributed by atoms with Crippen molar-refractivity contribution in [2.24, 2.45) is 5.92 Å². The Morgan fingerprint density at radius 3 is 3.19 bits per heavy atom. The molecule has 88 valence electrons. The second kappa shape index (κ2) is 5.46. The van der Waals surface area contributed by atoms with E-state index in [1.165, 1.54) is 25.1 Å². The Hall–Kier alpha value is -0.870. The largest absolute Gasteiger partial charge is 0.367 e. The van der Waals surface area contributed by atoms with Gasteiger partial charge in [-0.3, -0.25) is 0 Å². The quantitative estimate of drug-likeness (QED) is 0.855. The van der Waals surface area contributed by atoms with Crippen LogP contribution in [0.25, 0.3) is 0 Å². The van der Waals surface area contributed by atoms with Gasteiger partial charge < -0.3 is 10.6 Å². The lowest BCUT2D eigenvalue weighted by Crippen LogP contribution is -2.33. The van der Waals surface area contributed by atoms with Crippen molar-refractivity contribution in [2.75, 3.05) is 25.0 Å². The van der Waals surface area contributed by atoms with Crippen LogP contribution in [0.3, 0.4) is 0 Å². The molecule has 16 heavy (non-hydrogen) atoms. The van der Waals surface area contributed by atoms with Crippen molar-refractivity contribution in [3.8, 4) is 0 Å². The number of aromatic nitrogens is 1. The third-order valence-electron chi connectivity index (χ3n) is 2.76. The van der Waals surface area contributed by atoms with Crippen molar-refractivity contribution in [2.45, 2.75) is 12.8 Å². The van der Waals surface area contributed by atoms with Gasteiger partial charge in [-0.25, -0.2) is 9.37 Å². The normalized spacial score (nSPS) is 20.8. The molecule has 0 radical (unpaired) electrons. The molecule has 0 bridgehead atoms. The zero-order chi connectivity index (χ0) is 11.4. The minimum Gasteiger partial charge on any atom is -0.367 e. The van der Waals surface area contributed by atoms with Crippen molar-refractivity contribution in [3.63, 3.8) is 0 Å². The molecule has 5 heteroatoms. The summed E-state index contributed by atoms with van der Waals surface area (Å²) in [5.41, 5.74) is 0. The van der Waals surface area contributed by atoms with Gasteiger partial charge in [0.25, 0.3) is 0 Å². The predicted octanol–water partition coefficient (Wildman–Crippen LogP) is 2.29. The predicted molar refractivity (Wildman–Crippen MR) is 63.3 cm³/mol. The molecule has 1 aromatic heterocycles. The van der Waals surface area contributed by atoms with Crippen LogP contribution in [-0.2, 0) is 0 Å². The molecule has 1 atom stereocenters. The second-order valence-corrected chi connectivity index (χ2v) is 4.51. The highest BCUT2D eigenvalue weighted by Crippen LogP contribution is 2.17. The molecule has 1 unspecified atom stereocenters. The summed E-state index contributed by atoms with van der Waals surface area (Å²) in [7, 11) is 0. The van der Waals surface area contributed by atoms with E-state index in [0.29, 0.717) is 10.9 Å². The molecule has 0 spiro atoms. The number of hydrogen-bond donors (Lipinski definition) is 2. The summed E-state index contributed by atoms with van der Waals surface area (Å²) in [5, 5.41) is 6.67. The van der Waals surface area contributed by atoms with Crippen molar-refractivity contribution >= 4 is 17.4 Å². The fourth-order valence-corrected chi connectivity index (χ4v) is 2.03. The number of nitrogens with one attached hydrogen (secondary N) is 2. The standard InChI is InChI=1S/C11H15ClFN3/c12-9-4-10(13)11(16-7-9)15-6-8-2-1-3-14-5-8/h4,7-8,14H,1-3,5-6H2,(H,15,16). The van der Waals surface area contributed by atoms with Gasteiger partial charge >= 0.3 is 0 Å². The minimum atomic E-state index is -0.392. The van der Waals surface area contributed by atoms with Crippen LogP contribution in [0.5, 0.6) is 0 Å². The molecule has 1 aliphatic rings. The first-order valence-electron chi connectivity index (χ1n) is 5.51. The Kier molecular flexibility index (Phi) is 3.96. The number of hydrogen-bond acceptors (Lipinski definition) is 3.